The molecular weight excluding hydrogens is 374 g/mol. The quantitative estimate of drug-likeness (QED) is 0.746. The number of anilines is 2. The zero-order valence-electron chi connectivity index (χ0n) is 15.8. The Morgan fingerprint density at radius 2 is 1.76 bits per heavy atom. The SMILES string of the molecule is C/C=C(/Nc1ccc(C(=O)[O-])cc1)[C@@H]1C(=O)NC(=O)N(c2ccccc2C)C1=O. The largest absolute Gasteiger partial charge is 0.545 e. The average Bonchev–Trinajstić information content (AvgIpc) is 2.68. The summed E-state index contributed by atoms with van der Waals surface area (Å²) in [7, 11) is 0. The van der Waals surface area contributed by atoms with Crippen molar-refractivity contribution in [3.63, 3.8) is 0 Å². The minimum atomic E-state index is -1.31. The summed E-state index contributed by atoms with van der Waals surface area (Å²) in [5, 5.41) is 16.1. The van der Waals surface area contributed by atoms with Crippen LogP contribution in [0.3, 0.4) is 0 Å². The molecule has 1 heterocycles. The van der Waals surface area contributed by atoms with E-state index in [1.54, 1.807) is 44.2 Å². The molecule has 3 rings (SSSR count). The standard InChI is InChI=1S/C21H19N3O5/c1-3-15(22-14-10-8-13(9-11-14)20(27)28)17-18(25)23-21(29)24(19(17)26)16-7-5-4-6-12(16)2/h3-11,17,22H,1-2H3,(H,27,28)(H,23,25,29)/p-1/b15-3+/t17-/m1/s1. The molecule has 4 amide bonds. The molecule has 2 N–H and O–H groups in total. The van der Waals surface area contributed by atoms with E-state index < -0.39 is 29.7 Å². The van der Waals surface area contributed by atoms with Crippen LogP contribution in [0, 0.1) is 12.8 Å². The van der Waals surface area contributed by atoms with Gasteiger partial charge >= 0.3 is 6.03 Å². The number of nitrogens with zero attached hydrogens (tertiary/aromatic N) is 1. The molecule has 8 heteroatoms. The zero-order chi connectivity index (χ0) is 21.1. The Balaban J connectivity index is 1.91. The highest BCUT2D eigenvalue weighted by Crippen LogP contribution is 2.28. The normalized spacial score (nSPS) is 17.2. The molecule has 0 aliphatic carbocycles. The maximum Gasteiger partial charge on any atom is 0.335 e. The number of urea groups is 1. The van der Waals surface area contributed by atoms with Crippen LogP contribution in [0.1, 0.15) is 22.8 Å². The van der Waals surface area contributed by atoms with Gasteiger partial charge in [-0.15, -0.1) is 0 Å². The van der Waals surface area contributed by atoms with Crippen LogP contribution in [0.25, 0.3) is 0 Å². The molecule has 0 radical (unpaired) electrons. The van der Waals surface area contributed by atoms with E-state index in [4.69, 9.17) is 0 Å². The lowest BCUT2D eigenvalue weighted by Crippen LogP contribution is -2.59. The molecule has 1 saturated heterocycles. The van der Waals surface area contributed by atoms with Gasteiger partial charge in [0.1, 0.15) is 0 Å². The molecule has 0 saturated carbocycles. The number of barbiturate groups is 1. The van der Waals surface area contributed by atoms with Crippen molar-refractivity contribution in [1.29, 1.82) is 0 Å². The van der Waals surface area contributed by atoms with Crippen LogP contribution in [0.2, 0.25) is 0 Å². The molecule has 1 atom stereocenters. The number of carboxylic acids is 1. The highest BCUT2D eigenvalue weighted by Gasteiger charge is 2.43. The van der Waals surface area contributed by atoms with Gasteiger partial charge in [0.25, 0.3) is 5.91 Å². The van der Waals surface area contributed by atoms with Gasteiger partial charge in [-0.2, -0.15) is 0 Å². The molecule has 8 nitrogen and oxygen atoms in total. The van der Waals surface area contributed by atoms with Crippen LogP contribution in [0.5, 0.6) is 0 Å². The van der Waals surface area contributed by atoms with Crippen molar-refractivity contribution in [2.75, 3.05) is 10.2 Å². The lowest BCUT2D eigenvalue weighted by atomic mass is 9.98. The van der Waals surface area contributed by atoms with Crippen LogP contribution < -0.4 is 20.6 Å². The first-order valence-corrected chi connectivity index (χ1v) is 8.82. The number of para-hydroxylation sites is 1. The van der Waals surface area contributed by atoms with Gasteiger partial charge in [-0.3, -0.25) is 14.9 Å². The number of imide groups is 2. The molecular formula is C21H18N3O5-. The van der Waals surface area contributed by atoms with Crippen molar-refractivity contribution < 1.29 is 24.3 Å². The predicted octanol–water partition coefficient (Wildman–Crippen LogP) is 1.57. The van der Waals surface area contributed by atoms with E-state index in [-0.39, 0.29) is 11.3 Å². The maximum absolute atomic E-state index is 13.1. The Bertz CT molecular complexity index is 1030. The van der Waals surface area contributed by atoms with E-state index in [2.05, 4.69) is 10.6 Å². The molecule has 1 fully saturated rings. The van der Waals surface area contributed by atoms with Crippen molar-refractivity contribution in [2.24, 2.45) is 5.92 Å². The topological polar surface area (TPSA) is 119 Å². The zero-order valence-corrected chi connectivity index (χ0v) is 15.8. The summed E-state index contributed by atoms with van der Waals surface area (Å²) in [4.78, 5) is 49.8. The number of benzene rings is 2. The molecule has 0 unspecified atom stereocenters. The van der Waals surface area contributed by atoms with E-state index in [1.165, 1.54) is 24.3 Å². The van der Waals surface area contributed by atoms with Gasteiger partial charge < -0.3 is 15.2 Å². The fraction of sp³-hybridized carbons (Fsp3) is 0.143. The predicted molar refractivity (Wildman–Crippen MR) is 104 cm³/mol. The Morgan fingerprint density at radius 1 is 1.10 bits per heavy atom. The van der Waals surface area contributed by atoms with Gasteiger partial charge in [0, 0.05) is 11.4 Å². The van der Waals surface area contributed by atoms with E-state index in [9.17, 15) is 24.3 Å². The Labute approximate surface area is 166 Å². The minimum absolute atomic E-state index is 0.000360. The minimum Gasteiger partial charge on any atom is -0.545 e. The van der Waals surface area contributed by atoms with Crippen LogP contribution in [-0.4, -0.2) is 23.8 Å². The summed E-state index contributed by atoms with van der Waals surface area (Å²) in [6.45, 7) is 3.40. The third-order valence-corrected chi connectivity index (χ3v) is 4.55. The van der Waals surface area contributed by atoms with Crippen molar-refractivity contribution in [2.45, 2.75) is 13.8 Å². The van der Waals surface area contributed by atoms with Crippen molar-refractivity contribution in [1.82, 2.24) is 5.32 Å². The Kier molecular flexibility index (Phi) is 5.45. The van der Waals surface area contributed by atoms with Gasteiger partial charge in [-0.25, -0.2) is 9.69 Å². The van der Waals surface area contributed by atoms with E-state index in [1.807, 2.05) is 0 Å². The highest BCUT2D eigenvalue weighted by molar-refractivity contribution is 6.29. The Hall–Kier alpha value is -3.94. The summed E-state index contributed by atoms with van der Waals surface area (Å²) < 4.78 is 0. The smallest absolute Gasteiger partial charge is 0.335 e. The number of hydrogen-bond donors (Lipinski definition) is 2. The lowest BCUT2D eigenvalue weighted by Gasteiger charge is -2.32. The summed E-state index contributed by atoms with van der Waals surface area (Å²) in [5.41, 5.74) is 1.83. The fourth-order valence-corrected chi connectivity index (χ4v) is 3.06. The molecule has 0 spiro atoms. The van der Waals surface area contributed by atoms with Gasteiger partial charge in [0.15, 0.2) is 5.92 Å². The number of hydrogen-bond acceptors (Lipinski definition) is 6. The van der Waals surface area contributed by atoms with Gasteiger partial charge in [-0.1, -0.05) is 36.4 Å². The molecule has 0 bridgehead atoms. The van der Waals surface area contributed by atoms with Crippen LogP contribution in [0.4, 0.5) is 16.2 Å². The molecule has 2 aromatic rings. The van der Waals surface area contributed by atoms with Gasteiger partial charge in [0.05, 0.1) is 11.7 Å². The van der Waals surface area contributed by atoms with Crippen molar-refractivity contribution in [3.8, 4) is 0 Å². The number of aryl methyl sites for hydroxylation is 1. The monoisotopic (exact) mass is 392 g/mol. The first-order valence-electron chi connectivity index (χ1n) is 8.82. The molecule has 29 heavy (non-hydrogen) atoms. The molecule has 2 aromatic carbocycles. The number of amides is 4. The van der Waals surface area contributed by atoms with E-state index in [0.717, 1.165) is 4.90 Å². The third kappa shape index (κ3) is 3.86. The summed E-state index contributed by atoms with van der Waals surface area (Å²) in [6, 6.07) is 11.7. The van der Waals surface area contributed by atoms with Gasteiger partial charge in [0.2, 0.25) is 5.91 Å². The molecule has 1 aliphatic rings. The van der Waals surface area contributed by atoms with Gasteiger partial charge in [-0.05, 0) is 43.2 Å². The molecule has 1 aliphatic heterocycles. The maximum atomic E-state index is 13.1. The third-order valence-electron chi connectivity index (χ3n) is 4.55. The summed E-state index contributed by atoms with van der Waals surface area (Å²) in [5.74, 6) is -3.99. The second kappa shape index (κ2) is 7.97. The first-order chi connectivity index (χ1) is 13.8. The number of carbonyl (C=O) groups is 4. The van der Waals surface area contributed by atoms with E-state index in [0.29, 0.717) is 16.9 Å². The summed E-state index contributed by atoms with van der Waals surface area (Å²) in [6.07, 6.45) is 1.56. The van der Waals surface area contributed by atoms with Crippen LogP contribution in [0.15, 0.2) is 60.3 Å². The second-order valence-electron chi connectivity index (χ2n) is 6.42. The van der Waals surface area contributed by atoms with Crippen molar-refractivity contribution in [3.05, 3.63) is 71.4 Å². The lowest BCUT2D eigenvalue weighted by molar-refractivity contribution is -0.255. The average molecular weight is 392 g/mol. The van der Waals surface area contributed by atoms with E-state index >= 15 is 0 Å². The number of nitrogens with one attached hydrogen (secondary N) is 2. The number of rotatable bonds is 5. The number of carbonyl (C=O) groups excluding carboxylic acids is 4. The van der Waals surface area contributed by atoms with Crippen LogP contribution in [-0.2, 0) is 9.59 Å². The second-order valence-corrected chi connectivity index (χ2v) is 6.42. The Morgan fingerprint density at radius 3 is 2.34 bits per heavy atom. The summed E-state index contributed by atoms with van der Waals surface area (Å²) >= 11 is 0. The number of allylic oxidation sites excluding steroid dienone is 1. The molecule has 0 aromatic heterocycles. The highest BCUT2D eigenvalue weighted by atomic mass is 16.4. The number of aromatic carboxylic acids is 1. The molecule has 148 valence electrons. The van der Waals surface area contributed by atoms with Crippen LogP contribution >= 0.6 is 0 Å². The number of carboxylic acid groups (broad SMARTS) is 1. The first kappa shape index (κ1) is 19.8. The fourth-order valence-electron chi connectivity index (χ4n) is 3.06. The van der Waals surface area contributed by atoms with Crippen molar-refractivity contribution >= 4 is 35.2 Å².